The molecule has 0 fully saturated rings. The third-order valence-electron chi connectivity index (χ3n) is 2.41. The standard InChI is InChI=1S/C12H18ClN3O/c1-4-6-9(3)15-10-8-14-16(7-5-2)12(17)11(10)13/h5,8-9,15H,2,4,6-7H2,1,3H3. The number of hydrogen-bond donors (Lipinski definition) is 1. The Labute approximate surface area is 106 Å². The number of anilines is 1. The number of hydrogen-bond acceptors (Lipinski definition) is 3. The van der Waals surface area contributed by atoms with Crippen LogP contribution < -0.4 is 10.9 Å². The van der Waals surface area contributed by atoms with Gasteiger partial charge < -0.3 is 5.32 Å². The molecule has 0 aliphatic rings. The largest absolute Gasteiger partial charge is 0.380 e. The Kier molecular flexibility index (Phi) is 5.22. The van der Waals surface area contributed by atoms with Crippen LogP contribution in [0.15, 0.2) is 23.6 Å². The van der Waals surface area contributed by atoms with E-state index in [2.05, 4.69) is 30.8 Å². The molecule has 0 saturated heterocycles. The van der Waals surface area contributed by atoms with Crippen molar-refractivity contribution in [3.63, 3.8) is 0 Å². The fourth-order valence-electron chi connectivity index (χ4n) is 1.59. The summed E-state index contributed by atoms with van der Waals surface area (Å²) in [5.74, 6) is 0. The minimum atomic E-state index is -0.291. The molecule has 1 heterocycles. The first-order chi connectivity index (χ1) is 8.10. The summed E-state index contributed by atoms with van der Waals surface area (Å²) < 4.78 is 1.28. The molecule has 17 heavy (non-hydrogen) atoms. The lowest BCUT2D eigenvalue weighted by Gasteiger charge is -2.15. The first-order valence-corrected chi connectivity index (χ1v) is 6.11. The van der Waals surface area contributed by atoms with E-state index in [1.165, 1.54) is 4.68 Å². The summed E-state index contributed by atoms with van der Waals surface area (Å²) >= 11 is 6.01. The SMILES string of the molecule is C=CCn1ncc(NC(C)CCC)c(Cl)c1=O. The van der Waals surface area contributed by atoms with E-state index < -0.39 is 0 Å². The van der Waals surface area contributed by atoms with Crippen LogP contribution in [0.2, 0.25) is 5.02 Å². The molecule has 0 spiro atoms. The van der Waals surface area contributed by atoms with E-state index in [9.17, 15) is 4.79 Å². The van der Waals surface area contributed by atoms with Crippen LogP contribution in [-0.4, -0.2) is 15.8 Å². The summed E-state index contributed by atoms with van der Waals surface area (Å²) in [7, 11) is 0. The zero-order valence-corrected chi connectivity index (χ0v) is 11.0. The summed E-state index contributed by atoms with van der Waals surface area (Å²) in [6.07, 6.45) is 5.29. The maximum Gasteiger partial charge on any atom is 0.287 e. The van der Waals surface area contributed by atoms with Crippen molar-refractivity contribution in [3.8, 4) is 0 Å². The van der Waals surface area contributed by atoms with Crippen LogP contribution >= 0.6 is 11.6 Å². The minimum absolute atomic E-state index is 0.185. The number of halogens is 1. The van der Waals surface area contributed by atoms with E-state index in [1.54, 1.807) is 12.3 Å². The molecule has 1 aromatic heterocycles. The Morgan fingerprint density at radius 3 is 3.00 bits per heavy atom. The lowest BCUT2D eigenvalue weighted by molar-refractivity contribution is 0.647. The van der Waals surface area contributed by atoms with E-state index in [4.69, 9.17) is 11.6 Å². The zero-order chi connectivity index (χ0) is 12.8. The molecule has 0 radical (unpaired) electrons. The van der Waals surface area contributed by atoms with Crippen molar-refractivity contribution in [3.05, 3.63) is 34.2 Å². The van der Waals surface area contributed by atoms with Crippen molar-refractivity contribution >= 4 is 17.3 Å². The highest BCUT2D eigenvalue weighted by molar-refractivity contribution is 6.32. The van der Waals surface area contributed by atoms with Crippen molar-refractivity contribution in [2.75, 3.05) is 5.32 Å². The minimum Gasteiger partial charge on any atom is -0.380 e. The van der Waals surface area contributed by atoms with Gasteiger partial charge in [0.25, 0.3) is 5.56 Å². The highest BCUT2D eigenvalue weighted by Gasteiger charge is 2.10. The predicted molar refractivity (Wildman–Crippen MR) is 71.7 cm³/mol. The molecule has 1 unspecified atom stereocenters. The van der Waals surface area contributed by atoms with Gasteiger partial charge in [0.15, 0.2) is 0 Å². The van der Waals surface area contributed by atoms with Crippen LogP contribution in [0.25, 0.3) is 0 Å². The van der Waals surface area contributed by atoms with Crippen molar-refractivity contribution in [1.82, 2.24) is 9.78 Å². The van der Waals surface area contributed by atoms with Crippen LogP contribution in [0.5, 0.6) is 0 Å². The van der Waals surface area contributed by atoms with Crippen molar-refractivity contribution in [1.29, 1.82) is 0 Å². The number of allylic oxidation sites excluding steroid dienone is 1. The summed E-state index contributed by atoms with van der Waals surface area (Å²) in [5, 5.41) is 7.40. The average Bonchev–Trinajstić information content (AvgIpc) is 2.29. The van der Waals surface area contributed by atoms with Gasteiger partial charge in [-0.25, -0.2) is 4.68 Å². The Morgan fingerprint density at radius 1 is 1.71 bits per heavy atom. The summed E-state index contributed by atoms with van der Waals surface area (Å²) in [6, 6.07) is 0.272. The molecular formula is C12H18ClN3O. The van der Waals surface area contributed by atoms with E-state index in [-0.39, 0.29) is 16.6 Å². The van der Waals surface area contributed by atoms with E-state index in [1.807, 2.05) is 0 Å². The Balaban J connectivity index is 2.92. The normalized spacial score (nSPS) is 12.2. The molecule has 1 aromatic rings. The second-order valence-corrected chi connectivity index (χ2v) is 4.36. The van der Waals surface area contributed by atoms with Crippen molar-refractivity contribution < 1.29 is 0 Å². The maximum absolute atomic E-state index is 11.8. The molecule has 1 atom stereocenters. The molecule has 0 bridgehead atoms. The van der Waals surface area contributed by atoms with Gasteiger partial charge in [0, 0.05) is 6.04 Å². The summed E-state index contributed by atoms with van der Waals surface area (Å²) in [6.45, 7) is 8.09. The summed E-state index contributed by atoms with van der Waals surface area (Å²) in [5.41, 5.74) is 0.304. The van der Waals surface area contributed by atoms with Gasteiger partial charge in [0.2, 0.25) is 0 Å². The van der Waals surface area contributed by atoms with Crippen LogP contribution in [0.3, 0.4) is 0 Å². The first kappa shape index (κ1) is 13.8. The smallest absolute Gasteiger partial charge is 0.287 e. The molecule has 0 aliphatic carbocycles. The number of aromatic nitrogens is 2. The fraction of sp³-hybridized carbons (Fsp3) is 0.500. The highest BCUT2D eigenvalue weighted by atomic mass is 35.5. The Bertz CT molecular complexity index is 442. The summed E-state index contributed by atoms with van der Waals surface area (Å²) in [4.78, 5) is 11.8. The monoisotopic (exact) mass is 255 g/mol. The molecule has 5 heteroatoms. The van der Waals surface area contributed by atoms with Crippen molar-refractivity contribution in [2.45, 2.75) is 39.3 Å². The van der Waals surface area contributed by atoms with E-state index in [0.29, 0.717) is 12.2 Å². The Hall–Kier alpha value is -1.29. The van der Waals surface area contributed by atoms with Gasteiger partial charge in [-0.2, -0.15) is 5.10 Å². The van der Waals surface area contributed by atoms with Gasteiger partial charge in [-0.3, -0.25) is 4.79 Å². The quantitative estimate of drug-likeness (QED) is 0.795. The van der Waals surface area contributed by atoms with Crippen LogP contribution in [0.4, 0.5) is 5.69 Å². The third-order valence-corrected chi connectivity index (χ3v) is 2.78. The fourth-order valence-corrected chi connectivity index (χ4v) is 1.79. The first-order valence-electron chi connectivity index (χ1n) is 5.73. The van der Waals surface area contributed by atoms with Gasteiger partial charge in [-0.1, -0.05) is 31.0 Å². The molecular weight excluding hydrogens is 238 g/mol. The zero-order valence-electron chi connectivity index (χ0n) is 10.2. The van der Waals surface area contributed by atoms with Gasteiger partial charge in [0.1, 0.15) is 5.02 Å². The number of nitrogens with zero attached hydrogens (tertiary/aromatic N) is 2. The van der Waals surface area contributed by atoms with Gasteiger partial charge in [-0.05, 0) is 13.3 Å². The van der Waals surface area contributed by atoms with Gasteiger partial charge >= 0.3 is 0 Å². The molecule has 4 nitrogen and oxygen atoms in total. The van der Waals surface area contributed by atoms with Crippen LogP contribution in [0.1, 0.15) is 26.7 Å². The van der Waals surface area contributed by atoms with Crippen LogP contribution in [0, 0.1) is 0 Å². The maximum atomic E-state index is 11.8. The van der Waals surface area contributed by atoms with Crippen LogP contribution in [-0.2, 0) is 6.54 Å². The molecule has 1 rings (SSSR count). The van der Waals surface area contributed by atoms with E-state index in [0.717, 1.165) is 12.8 Å². The van der Waals surface area contributed by atoms with E-state index >= 15 is 0 Å². The molecule has 1 N–H and O–H groups in total. The Morgan fingerprint density at radius 2 is 2.41 bits per heavy atom. The number of rotatable bonds is 6. The lowest BCUT2D eigenvalue weighted by Crippen LogP contribution is -2.25. The predicted octanol–water partition coefficient (Wildman–Crippen LogP) is 2.68. The average molecular weight is 256 g/mol. The molecule has 94 valence electrons. The lowest BCUT2D eigenvalue weighted by atomic mass is 10.2. The highest BCUT2D eigenvalue weighted by Crippen LogP contribution is 2.17. The number of nitrogens with one attached hydrogen (secondary N) is 1. The third kappa shape index (κ3) is 3.60. The molecule has 0 aromatic carbocycles. The van der Waals surface area contributed by atoms with Gasteiger partial charge in [-0.15, -0.1) is 6.58 Å². The van der Waals surface area contributed by atoms with Gasteiger partial charge in [0.05, 0.1) is 18.4 Å². The molecule has 0 saturated carbocycles. The van der Waals surface area contributed by atoms with Crippen molar-refractivity contribution in [2.24, 2.45) is 0 Å². The molecule has 0 aliphatic heterocycles. The second kappa shape index (κ2) is 6.45. The molecule has 0 amide bonds. The topological polar surface area (TPSA) is 46.9 Å². The second-order valence-electron chi connectivity index (χ2n) is 3.98.